The molecule has 1 aromatic rings. The number of hydrogen-bond acceptors (Lipinski definition) is 3. The number of carbonyl (C=O) groups excluding carboxylic acids is 1. The summed E-state index contributed by atoms with van der Waals surface area (Å²) in [5.74, 6) is 0.833. The molecule has 1 aromatic carbocycles. The fourth-order valence-corrected chi connectivity index (χ4v) is 2.81. The number of hydrogen-bond donors (Lipinski definition) is 1. The third kappa shape index (κ3) is 5.59. The second-order valence-electron chi connectivity index (χ2n) is 5.80. The zero-order valence-electron chi connectivity index (χ0n) is 13.8. The number of nitrogens with one attached hydrogen (secondary N) is 1. The first-order chi connectivity index (χ1) is 11.1. The summed E-state index contributed by atoms with van der Waals surface area (Å²) in [6.07, 6.45) is 2.57. The minimum absolute atomic E-state index is 0.0282. The Labute approximate surface area is 142 Å². The topological polar surface area (TPSA) is 50.8 Å². The Morgan fingerprint density at radius 1 is 1.43 bits per heavy atom. The normalized spacial score (nSPS) is 15.3. The summed E-state index contributed by atoms with van der Waals surface area (Å²) < 4.78 is 11.0. The highest BCUT2D eigenvalue weighted by Crippen LogP contribution is 2.21. The number of urea groups is 1. The number of nitrogens with zero attached hydrogens (tertiary/aromatic N) is 1. The van der Waals surface area contributed by atoms with Crippen molar-refractivity contribution in [1.29, 1.82) is 0 Å². The van der Waals surface area contributed by atoms with E-state index in [0.29, 0.717) is 18.2 Å². The van der Waals surface area contributed by atoms with Crippen LogP contribution in [-0.4, -0.2) is 50.4 Å². The molecule has 5 nitrogen and oxygen atoms in total. The van der Waals surface area contributed by atoms with Gasteiger partial charge in [-0.2, -0.15) is 0 Å². The summed E-state index contributed by atoms with van der Waals surface area (Å²) in [6.45, 7) is 4.59. The Kier molecular flexibility index (Phi) is 6.99. The van der Waals surface area contributed by atoms with Gasteiger partial charge in [0.05, 0.1) is 6.61 Å². The quantitative estimate of drug-likeness (QED) is 0.809. The number of ether oxygens (including phenoxy) is 2. The van der Waals surface area contributed by atoms with Gasteiger partial charge in [0.2, 0.25) is 0 Å². The molecular formula is C17H25ClN2O3. The third-order valence-electron chi connectivity index (χ3n) is 4.05. The Bertz CT molecular complexity index is 519. The van der Waals surface area contributed by atoms with Crippen LogP contribution in [0.2, 0.25) is 5.02 Å². The first-order valence-corrected chi connectivity index (χ1v) is 8.43. The van der Waals surface area contributed by atoms with Gasteiger partial charge in [0.15, 0.2) is 0 Å². The maximum Gasteiger partial charge on any atom is 0.317 e. The molecule has 1 saturated heterocycles. The lowest BCUT2D eigenvalue weighted by Gasteiger charge is -2.31. The molecule has 1 aliphatic heterocycles. The van der Waals surface area contributed by atoms with E-state index in [1.165, 1.54) is 0 Å². The second-order valence-corrected chi connectivity index (χ2v) is 6.23. The van der Waals surface area contributed by atoms with Gasteiger partial charge in [-0.25, -0.2) is 4.79 Å². The first kappa shape index (κ1) is 17.9. The summed E-state index contributed by atoms with van der Waals surface area (Å²) in [4.78, 5) is 13.9. The van der Waals surface area contributed by atoms with Crippen LogP contribution < -0.4 is 10.1 Å². The Morgan fingerprint density at radius 2 is 2.17 bits per heavy atom. The highest BCUT2D eigenvalue weighted by atomic mass is 35.5. The summed E-state index contributed by atoms with van der Waals surface area (Å²) >= 11 is 5.91. The molecule has 1 aliphatic rings. The van der Waals surface area contributed by atoms with Gasteiger partial charge in [-0.1, -0.05) is 11.6 Å². The molecule has 0 aliphatic carbocycles. The monoisotopic (exact) mass is 340 g/mol. The highest BCUT2D eigenvalue weighted by molar-refractivity contribution is 6.30. The molecule has 0 saturated carbocycles. The average molecular weight is 341 g/mol. The number of carbonyl (C=O) groups is 1. The molecule has 0 radical (unpaired) electrons. The maximum atomic E-state index is 12.1. The minimum atomic E-state index is -0.0282. The van der Waals surface area contributed by atoms with Crippen molar-refractivity contribution in [3.8, 4) is 5.75 Å². The van der Waals surface area contributed by atoms with Crippen LogP contribution in [0.4, 0.5) is 4.79 Å². The van der Waals surface area contributed by atoms with Crippen molar-refractivity contribution < 1.29 is 14.3 Å². The van der Waals surface area contributed by atoms with Crippen LogP contribution >= 0.6 is 11.6 Å². The Balaban J connectivity index is 1.63. The predicted octanol–water partition coefficient (Wildman–Crippen LogP) is 3.24. The molecule has 0 aromatic heterocycles. The molecule has 6 heteroatoms. The molecule has 0 unspecified atom stereocenters. The number of halogens is 1. The highest BCUT2D eigenvalue weighted by Gasteiger charge is 2.21. The molecule has 0 spiro atoms. The van der Waals surface area contributed by atoms with E-state index >= 15 is 0 Å². The van der Waals surface area contributed by atoms with Crippen molar-refractivity contribution in [3.63, 3.8) is 0 Å². The summed E-state index contributed by atoms with van der Waals surface area (Å²) in [7, 11) is 1.85. The zero-order chi connectivity index (χ0) is 16.7. The van der Waals surface area contributed by atoms with Gasteiger partial charge in [0.1, 0.15) is 5.75 Å². The molecule has 0 bridgehead atoms. The molecule has 1 fully saturated rings. The molecule has 1 N–H and O–H groups in total. The number of aryl methyl sites for hydroxylation is 1. The molecule has 2 amide bonds. The van der Waals surface area contributed by atoms with E-state index in [9.17, 15) is 4.79 Å². The van der Waals surface area contributed by atoms with E-state index in [4.69, 9.17) is 21.1 Å². The van der Waals surface area contributed by atoms with Crippen molar-refractivity contribution >= 4 is 17.6 Å². The van der Waals surface area contributed by atoms with Gasteiger partial charge >= 0.3 is 6.03 Å². The van der Waals surface area contributed by atoms with Crippen molar-refractivity contribution in [2.24, 2.45) is 0 Å². The number of amides is 2. The van der Waals surface area contributed by atoms with Crippen LogP contribution in [-0.2, 0) is 4.74 Å². The van der Waals surface area contributed by atoms with Crippen LogP contribution in [0.1, 0.15) is 24.8 Å². The average Bonchev–Trinajstić information content (AvgIpc) is 2.56. The van der Waals surface area contributed by atoms with Gasteiger partial charge in [-0.05, 0) is 49.9 Å². The van der Waals surface area contributed by atoms with Gasteiger partial charge in [0.25, 0.3) is 0 Å². The first-order valence-electron chi connectivity index (χ1n) is 8.05. The van der Waals surface area contributed by atoms with Crippen molar-refractivity contribution in [3.05, 3.63) is 28.8 Å². The smallest absolute Gasteiger partial charge is 0.317 e. The van der Waals surface area contributed by atoms with Crippen molar-refractivity contribution in [2.75, 3.05) is 33.4 Å². The predicted molar refractivity (Wildman–Crippen MR) is 91.3 cm³/mol. The third-order valence-corrected chi connectivity index (χ3v) is 4.29. The maximum absolute atomic E-state index is 12.1. The standard InChI is InChI=1S/C17H25ClN2O3/c1-13-12-14(18)4-5-16(13)23-9-3-8-19-17(21)20(2)15-6-10-22-11-7-15/h4-5,12,15H,3,6-11H2,1-2H3,(H,19,21). The van der Waals surface area contributed by atoms with Crippen molar-refractivity contribution in [2.45, 2.75) is 32.2 Å². The molecule has 23 heavy (non-hydrogen) atoms. The van der Waals surface area contributed by atoms with E-state index < -0.39 is 0 Å². The van der Waals surface area contributed by atoms with Crippen LogP contribution in [0.3, 0.4) is 0 Å². The van der Waals surface area contributed by atoms with E-state index in [0.717, 1.165) is 43.8 Å². The van der Waals surface area contributed by atoms with E-state index in [1.807, 2.05) is 32.2 Å². The molecule has 2 rings (SSSR count). The Morgan fingerprint density at radius 3 is 2.87 bits per heavy atom. The van der Waals surface area contributed by atoms with Crippen LogP contribution in [0.5, 0.6) is 5.75 Å². The minimum Gasteiger partial charge on any atom is -0.493 e. The zero-order valence-corrected chi connectivity index (χ0v) is 14.6. The fourth-order valence-electron chi connectivity index (χ4n) is 2.59. The molecule has 0 atom stereocenters. The number of benzene rings is 1. The van der Waals surface area contributed by atoms with Gasteiger partial charge < -0.3 is 19.7 Å². The van der Waals surface area contributed by atoms with Crippen LogP contribution in [0.25, 0.3) is 0 Å². The SMILES string of the molecule is Cc1cc(Cl)ccc1OCCCNC(=O)N(C)C1CCOCC1. The largest absolute Gasteiger partial charge is 0.493 e. The lowest BCUT2D eigenvalue weighted by Crippen LogP contribution is -2.46. The summed E-state index contributed by atoms with van der Waals surface area (Å²) in [6, 6.07) is 5.81. The van der Waals surface area contributed by atoms with E-state index in [-0.39, 0.29) is 12.1 Å². The fraction of sp³-hybridized carbons (Fsp3) is 0.588. The summed E-state index contributed by atoms with van der Waals surface area (Å²) in [5.41, 5.74) is 1.01. The van der Waals surface area contributed by atoms with Gasteiger partial charge in [-0.3, -0.25) is 0 Å². The van der Waals surface area contributed by atoms with Gasteiger partial charge in [-0.15, -0.1) is 0 Å². The van der Waals surface area contributed by atoms with E-state index in [2.05, 4.69) is 5.32 Å². The van der Waals surface area contributed by atoms with Crippen LogP contribution in [0, 0.1) is 6.92 Å². The number of rotatable bonds is 6. The lowest BCUT2D eigenvalue weighted by molar-refractivity contribution is 0.0526. The van der Waals surface area contributed by atoms with Crippen LogP contribution in [0.15, 0.2) is 18.2 Å². The Hall–Kier alpha value is -1.46. The lowest BCUT2D eigenvalue weighted by atomic mass is 10.1. The van der Waals surface area contributed by atoms with Crippen molar-refractivity contribution in [1.82, 2.24) is 10.2 Å². The van der Waals surface area contributed by atoms with E-state index in [1.54, 1.807) is 4.90 Å². The summed E-state index contributed by atoms with van der Waals surface area (Å²) in [5, 5.41) is 3.64. The molecule has 1 heterocycles. The van der Waals surface area contributed by atoms with Gasteiger partial charge in [0, 0.05) is 37.9 Å². The second kappa shape index (κ2) is 8.99. The molecular weight excluding hydrogens is 316 g/mol. The molecule has 128 valence electrons.